The highest BCUT2D eigenvalue weighted by molar-refractivity contribution is 7.89. The number of pyridine rings is 1. The van der Waals surface area contributed by atoms with Crippen LogP contribution in [0.15, 0.2) is 29.2 Å². The molecule has 1 saturated heterocycles. The van der Waals surface area contributed by atoms with E-state index < -0.39 is 10.0 Å². The molecule has 0 spiro atoms. The molecule has 1 saturated carbocycles. The molecule has 1 aliphatic carbocycles. The number of urea groups is 1. The van der Waals surface area contributed by atoms with Gasteiger partial charge >= 0.3 is 6.03 Å². The average molecular weight is 433 g/mol. The third-order valence-electron chi connectivity index (χ3n) is 5.74. The lowest BCUT2D eigenvalue weighted by molar-refractivity contribution is 0.168. The number of nitrogen functional groups attached to an aromatic ring is 1. The van der Waals surface area contributed by atoms with Crippen LogP contribution in [0.1, 0.15) is 19.8 Å². The first-order chi connectivity index (χ1) is 14.1. The number of aromatic nitrogens is 1. The minimum atomic E-state index is -3.69. The largest absolute Gasteiger partial charge is 0.384 e. The van der Waals surface area contributed by atoms with E-state index in [0.29, 0.717) is 37.5 Å². The number of rotatable bonds is 4. The molecule has 2 aromatic rings. The topological polar surface area (TPSA) is 112 Å². The second-order valence-electron chi connectivity index (χ2n) is 8.56. The van der Waals surface area contributed by atoms with E-state index in [1.807, 2.05) is 13.0 Å². The van der Waals surface area contributed by atoms with Gasteiger partial charge in [-0.3, -0.25) is 0 Å². The molecule has 2 fully saturated rings. The fraction of sp³-hybridized carbons (Fsp3) is 0.500. The van der Waals surface area contributed by atoms with Crippen LogP contribution in [-0.4, -0.2) is 75.0 Å². The van der Waals surface area contributed by atoms with Crippen molar-refractivity contribution in [1.82, 2.24) is 19.5 Å². The van der Waals surface area contributed by atoms with Gasteiger partial charge in [0.15, 0.2) is 0 Å². The molecule has 10 heteroatoms. The molecule has 2 heterocycles. The lowest BCUT2D eigenvalue weighted by atomic mass is 10.1. The molecule has 0 bridgehead atoms. The normalized spacial score (nSPS) is 18.5. The Balaban J connectivity index is 1.69. The number of piperazine rings is 1. The lowest BCUT2D eigenvalue weighted by Crippen LogP contribution is -2.51. The predicted molar refractivity (Wildman–Crippen MR) is 117 cm³/mol. The number of anilines is 2. The van der Waals surface area contributed by atoms with E-state index in [1.165, 1.54) is 0 Å². The minimum absolute atomic E-state index is 0.0212. The van der Waals surface area contributed by atoms with Gasteiger partial charge in [0.25, 0.3) is 0 Å². The first kappa shape index (κ1) is 20.7. The van der Waals surface area contributed by atoms with Crippen molar-refractivity contribution < 1.29 is 13.2 Å². The Morgan fingerprint density at radius 1 is 1.17 bits per heavy atom. The van der Waals surface area contributed by atoms with Crippen LogP contribution < -0.4 is 15.4 Å². The molecule has 162 valence electrons. The number of nitrogens with one attached hydrogen (secondary N) is 1. The molecule has 1 aromatic heterocycles. The van der Waals surface area contributed by atoms with Gasteiger partial charge in [-0.25, -0.2) is 22.9 Å². The number of fused-ring (bicyclic) bond motifs is 1. The van der Waals surface area contributed by atoms with E-state index in [4.69, 9.17) is 5.73 Å². The van der Waals surface area contributed by atoms with E-state index in [2.05, 4.69) is 14.6 Å². The molecule has 2 aliphatic rings. The van der Waals surface area contributed by atoms with Crippen molar-refractivity contribution in [2.45, 2.75) is 30.2 Å². The third kappa shape index (κ3) is 4.01. The molecule has 0 atom stereocenters. The van der Waals surface area contributed by atoms with Gasteiger partial charge in [0.1, 0.15) is 5.82 Å². The van der Waals surface area contributed by atoms with Crippen LogP contribution in [0.2, 0.25) is 0 Å². The smallest absolute Gasteiger partial charge is 0.319 e. The molecule has 0 radical (unpaired) electrons. The molecule has 30 heavy (non-hydrogen) atoms. The summed E-state index contributed by atoms with van der Waals surface area (Å²) in [5.41, 5.74) is 6.83. The summed E-state index contributed by atoms with van der Waals surface area (Å²) >= 11 is 0. The molecule has 0 unspecified atom stereocenters. The highest BCUT2D eigenvalue weighted by atomic mass is 32.2. The van der Waals surface area contributed by atoms with E-state index in [0.717, 1.165) is 23.9 Å². The first-order valence-electron chi connectivity index (χ1n) is 10.0. The Hall–Kier alpha value is -2.59. The van der Waals surface area contributed by atoms with Gasteiger partial charge in [-0.1, -0.05) is 0 Å². The van der Waals surface area contributed by atoms with Crippen LogP contribution in [0.25, 0.3) is 10.9 Å². The van der Waals surface area contributed by atoms with Crippen molar-refractivity contribution in [2.24, 2.45) is 0 Å². The van der Waals surface area contributed by atoms with Crippen molar-refractivity contribution in [1.29, 1.82) is 0 Å². The van der Waals surface area contributed by atoms with Gasteiger partial charge in [0.2, 0.25) is 10.0 Å². The second-order valence-corrected chi connectivity index (χ2v) is 10.2. The zero-order chi connectivity index (χ0) is 21.7. The number of hydrogen-bond donors (Lipinski definition) is 2. The maximum absolute atomic E-state index is 13.0. The zero-order valence-electron chi connectivity index (χ0n) is 17.6. The minimum Gasteiger partial charge on any atom is -0.384 e. The van der Waals surface area contributed by atoms with Gasteiger partial charge in [-0.05, 0) is 44.0 Å². The molecular formula is C20H28N6O3S. The van der Waals surface area contributed by atoms with E-state index in [9.17, 15) is 13.2 Å². The number of benzene rings is 1. The fourth-order valence-corrected chi connectivity index (χ4v) is 5.22. The maximum atomic E-state index is 13.0. The average Bonchev–Trinajstić information content (AvgIpc) is 3.42. The van der Waals surface area contributed by atoms with Gasteiger partial charge in [-0.2, -0.15) is 0 Å². The van der Waals surface area contributed by atoms with Gasteiger partial charge in [-0.15, -0.1) is 0 Å². The van der Waals surface area contributed by atoms with E-state index in [1.54, 1.807) is 42.1 Å². The summed E-state index contributed by atoms with van der Waals surface area (Å²) in [5.74, 6) is 0.339. The van der Waals surface area contributed by atoms with Crippen LogP contribution in [0.3, 0.4) is 0 Å². The number of carbonyl (C=O) groups excluding carboxylic acids is 1. The first-order valence-corrected chi connectivity index (χ1v) is 11.5. The number of sulfonamides is 1. The van der Waals surface area contributed by atoms with Gasteiger partial charge in [0, 0.05) is 56.9 Å². The highest BCUT2D eigenvalue weighted by Crippen LogP contribution is 2.37. The molecule has 2 amide bonds. The van der Waals surface area contributed by atoms with Crippen molar-refractivity contribution >= 4 is 38.5 Å². The van der Waals surface area contributed by atoms with Crippen LogP contribution in [0.4, 0.5) is 16.3 Å². The highest BCUT2D eigenvalue weighted by Gasteiger charge is 2.41. The number of carbonyl (C=O) groups is 1. The fourth-order valence-electron chi connectivity index (χ4n) is 3.72. The Morgan fingerprint density at radius 3 is 2.43 bits per heavy atom. The summed E-state index contributed by atoms with van der Waals surface area (Å²) < 4.78 is 28.8. The summed E-state index contributed by atoms with van der Waals surface area (Å²) in [6.45, 7) is 4.24. The number of nitrogens with two attached hydrogens (primary N) is 1. The lowest BCUT2D eigenvalue weighted by Gasteiger charge is -2.37. The number of nitrogens with zero attached hydrogens (tertiary/aromatic N) is 4. The Labute approximate surface area is 176 Å². The summed E-state index contributed by atoms with van der Waals surface area (Å²) in [5, 5.41) is 0.841. The standard InChI is InChI=1S/C20H28N6O3S/c1-20(6-7-20)23-30(28,29)14-12-16-15(4-5-18(21)22-16)17(13-14)25-8-10-26(11-9-25)19(27)24(2)3/h4-5,12-13,23H,6-11H2,1-3H3,(H2,21,22). The second kappa shape index (κ2) is 7.28. The third-order valence-corrected chi connectivity index (χ3v) is 7.36. The van der Waals surface area contributed by atoms with Crippen LogP contribution in [0.5, 0.6) is 0 Å². The molecule has 9 nitrogen and oxygen atoms in total. The van der Waals surface area contributed by atoms with Gasteiger partial charge < -0.3 is 20.4 Å². The molecule has 3 N–H and O–H groups in total. The molecule has 4 rings (SSSR count). The Bertz CT molecular complexity index is 1090. The van der Waals surface area contributed by atoms with Crippen molar-refractivity contribution in [3.63, 3.8) is 0 Å². The zero-order valence-corrected chi connectivity index (χ0v) is 18.4. The number of amides is 2. The monoisotopic (exact) mass is 432 g/mol. The van der Waals surface area contributed by atoms with Crippen molar-refractivity contribution in [3.05, 3.63) is 24.3 Å². The molecule has 1 aromatic carbocycles. The van der Waals surface area contributed by atoms with Crippen molar-refractivity contribution in [3.8, 4) is 0 Å². The van der Waals surface area contributed by atoms with Crippen LogP contribution in [0, 0.1) is 0 Å². The maximum Gasteiger partial charge on any atom is 0.319 e. The van der Waals surface area contributed by atoms with E-state index >= 15 is 0 Å². The summed E-state index contributed by atoms with van der Waals surface area (Å²) in [6, 6.07) is 6.85. The Kier molecular flexibility index (Phi) is 5.01. The summed E-state index contributed by atoms with van der Waals surface area (Å²) in [7, 11) is -0.213. The van der Waals surface area contributed by atoms with E-state index in [-0.39, 0.29) is 16.5 Å². The summed E-state index contributed by atoms with van der Waals surface area (Å²) in [4.78, 5) is 22.3. The molecule has 1 aliphatic heterocycles. The quantitative estimate of drug-likeness (QED) is 0.756. The van der Waals surface area contributed by atoms with Gasteiger partial charge in [0.05, 0.1) is 10.4 Å². The summed E-state index contributed by atoms with van der Waals surface area (Å²) in [6.07, 6.45) is 1.67. The predicted octanol–water partition coefficient (Wildman–Crippen LogP) is 1.45. The number of hydrogen-bond acceptors (Lipinski definition) is 6. The van der Waals surface area contributed by atoms with Crippen LogP contribution >= 0.6 is 0 Å². The van der Waals surface area contributed by atoms with Crippen LogP contribution in [-0.2, 0) is 10.0 Å². The van der Waals surface area contributed by atoms with Crippen molar-refractivity contribution in [2.75, 3.05) is 50.9 Å². The SMILES string of the molecule is CN(C)C(=O)N1CCN(c2cc(S(=O)(=O)NC3(C)CC3)cc3nc(N)ccc23)CC1. The Morgan fingerprint density at radius 2 is 1.83 bits per heavy atom. The molecular weight excluding hydrogens is 404 g/mol.